The number of nitrogens with zero attached hydrogens (tertiary/aromatic N) is 1. The molecule has 0 unspecified atom stereocenters. The van der Waals surface area contributed by atoms with Gasteiger partial charge in [-0.15, -0.1) is 11.8 Å². The molecule has 0 amide bonds. The zero-order valence-electron chi connectivity index (χ0n) is 12.0. The highest BCUT2D eigenvalue weighted by Gasteiger charge is 2.04. The third kappa shape index (κ3) is 2.58. The Morgan fingerprint density at radius 2 is 1.68 bits per heavy atom. The van der Waals surface area contributed by atoms with Crippen LogP contribution in [0.15, 0.2) is 77.8 Å². The lowest BCUT2D eigenvalue weighted by Crippen LogP contribution is -1.84. The summed E-state index contributed by atoms with van der Waals surface area (Å²) in [4.78, 5) is 5.69. The van der Waals surface area contributed by atoms with Gasteiger partial charge < -0.3 is 0 Å². The predicted octanol–water partition coefficient (Wildman–Crippen LogP) is 5.48. The second-order valence-corrected chi connectivity index (χ2v) is 6.22. The SMILES string of the molecule is [c]1c(SCc2ccccc2)ccc2ncc3ccccc3c12. The highest BCUT2D eigenvalue weighted by atomic mass is 32.2. The third-order valence-electron chi connectivity index (χ3n) is 3.71. The van der Waals surface area contributed by atoms with Crippen molar-refractivity contribution in [2.24, 2.45) is 0 Å². The summed E-state index contributed by atoms with van der Waals surface area (Å²) < 4.78 is 0. The van der Waals surface area contributed by atoms with Crippen LogP contribution in [0.1, 0.15) is 5.56 Å². The Hall–Kier alpha value is -2.32. The van der Waals surface area contributed by atoms with Crippen molar-refractivity contribution in [2.45, 2.75) is 10.6 Å². The van der Waals surface area contributed by atoms with E-state index < -0.39 is 0 Å². The van der Waals surface area contributed by atoms with E-state index in [0.29, 0.717) is 0 Å². The van der Waals surface area contributed by atoms with E-state index in [4.69, 9.17) is 0 Å². The van der Waals surface area contributed by atoms with Crippen LogP contribution < -0.4 is 0 Å². The summed E-state index contributed by atoms with van der Waals surface area (Å²) in [5.74, 6) is 0.959. The highest BCUT2D eigenvalue weighted by molar-refractivity contribution is 7.98. The fraction of sp³-hybridized carbons (Fsp3) is 0.0500. The molecule has 1 aromatic heterocycles. The first-order valence-corrected chi connectivity index (χ1v) is 8.25. The molecule has 0 aliphatic heterocycles. The first-order chi connectivity index (χ1) is 10.9. The van der Waals surface area contributed by atoms with Crippen molar-refractivity contribution in [3.8, 4) is 0 Å². The molecule has 4 rings (SSSR count). The Bertz CT molecular complexity index is 932. The van der Waals surface area contributed by atoms with Crippen molar-refractivity contribution in [1.29, 1.82) is 0 Å². The fourth-order valence-electron chi connectivity index (χ4n) is 2.58. The lowest BCUT2D eigenvalue weighted by atomic mass is 10.1. The number of rotatable bonds is 3. The molecule has 0 fully saturated rings. The summed E-state index contributed by atoms with van der Waals surface area (Å²) >= 11 is 1.81. The van der Waals surface area contributed by atoms with Crippen LogP contribution in [0.5, 0.6) is 0 Å². The molecule has 1 heterocycles. The number of aromatic nitrogens is 1. The molecule has 1 nitrogen and oxygen atoms in total. The van der Waals surface area contributed by atoms with Crippen molar-refractivity contribution < 1.29 is 0 Å². The molecule has 0 N–H and O–H groups in total. The Balaban J connectivity index is 1.71. The Kier molecular flexibility index (Phi) is 3.53. The van der Waals surface area contributed by atoms with Crippen LogP contribution in [0.3, 0.4) is 0 Å². The molecule has 0 saturated heterocycles. The summed E-state index contributed by atoms with van der Waals surface area (Å²) in [5, 5.41) is 3.49. The Morgan fingerprint density at radius 3 is 2.59 bits per heavy atom. The first-order valence-electron chi connectivity index (χ1n) is 7.27. The number of hydrogen-bond acceptors (Lipinski definition) is 2. The van der Waals surface area contributed by atoms with Gasteiger partial charge in [0.05, 0.1) is 5.52 Å². The maximum Gasteiger partial charge on any atom is 0.0715 e. The van der Waals surface area contributed by atoms with Crippen LogP contribution in [0, 0.1) is 6.07 Å². The number of pyridine rings is 1. The zero-order chi connectivity index (χ0) is 14.8. The average Bonchev–Trinajstić information content (AvgIpc) is 2.60. The second kappa shape index (κ2) is 5.82. The third-order valence-corrected chi connectivity index (χ3v) is 4.73. The molecule has 0 bridgehead atoms. The van der Waals surface area contributed by atoms with Gasteiger partial charge in [-0.05, 0) is 23.1 Å². The molecule has 4 aromatic rings. The maximum atomic E-state index is 4.53. The quantitative estimate of drug-likeness (QED) is 0.367. The lowest BCUT2D eigenvalue weighted by Gasteiger charge is -2.06. The van der Waals surface area contributed by atoms with Gasteiger partial charge in [0.2, 0.25) is 0 Å². The van der Waals surface area contributed by atoms with Gasteiger partial charge in [0.15, 0.2) is 0 Å². The first kappa shape index (κ1) is 13.4. The van der Waals surface area contributed by atoms with Crippen LogP contribution in [0.25, 0.3) is 21.7 Å². The normalized spacial score (nSPS) is 11.1. The minimum absolute atomic E-state index is 0.959. The van der Waals surface area contributed by atoms with Crippen LogP contribution in [-0.2, 0) is 5.75 Å². The summed E-state index contributed by atoms with van der Waals surface area (Å²) in [6.07, 6.45) is 1.93. The largest absolute Gasteiger partial charge is 0.256 e. The van der Waals surface area contributed by atoms with E-state index in [9.17, 15) is 0 Å². The summed E-state index contributed by atoms with van der Waals surface area (Å²) in [7, 11) is 0. The average molecular weight is 300 g/mol. The molecule has 2 heteroatoms. The molecule has 22 heavy (non-hydrogen) atoms. The fourth-order valence-corrected chi connectivity index (χ4v) is 3.43. The molecule has 0 spiro atoms. The summed E-state index contributed by atoms with van der Waals surface area (Å²) in [5.41, 5.74) is 2.33. The predicted molar refractivity (Wildman–Crippen MR) is 94.1 cm³/mol. The zero-order valence-corrected chi connectivity index (χ0v) is 12.8. The standard InChI is InChI=1S/C20H14NS/c1-2-6-15(7-3-1)14-22-17-10-11-20-19(12-17)18-9-5-4-8-16(18)13-21-20/h1-11,13H,14H2. The Morgan fingerprint density at radius 1 is 0.864 bits per heavy atom. The van der Waals surface area contributed by atoms with Crippen LogP contribution in [0.2, 0.25) is 0 Å². The smallest absolute Gasteiger partial charge is 0.0715 e. The summed E-state index contributed by atoms with van der Waals surface area (Å²) in [6.45, 7) is 0. The van der Waals surface area contributed by atoms with E-state index in [1.807, 2.05) is 30.1 Å². The van der Waals surface area contributed by atoms with Crippen LogP contribution >= 0.6 is 11.8 Å². The Labute approximate surface area is 134 Å². The molecule has 0 saturated carbocycles. The van der Waals surface area contributed by atoms with Gasteiger partial charge in [-0.1, -0.05) is 54.6 Å². The van der Waals surface area contributed by atoms with Crippen molar-refractivity contribution in [3.63, 3.8) is 0 Å². The van der Waals surface area contributed by atoms with Gasteiger partial charge in [0.1, 0.15) is 0 Å². The topological polar surface area (TPSA) is 12.9 Å². The molecule has 0 aliphatic carbocycles. The molecular weight excluding hydrogens is 286 g/mol. The van der Waals surface area contributed by atoms with Crippen LogP contribution in [-0.4, -0.2) is 4.98 Å². The van der Waals surface area contributed by atoms with E-state index in [1.54, 1.807) is 0 Å². The van der Waals surface area contributed by atoms with Gasteiger partial charge in [0, 0.05) is 33.7 Å². The van der Waals surface area contributed by atoms with Crippen molar-refractivity contribution in [1.82, 2.24) is 4.98 Å². The van der Waals surface area contributed by atoms with E-state index in [1.165, 1.54) is 10.9 Å². The van der Waals surface area contributed by atoms with E-state index >= 15 is 0 Å². The number of benzene rings is 3. The minimum Gasteiger partial charge on any atom is -0.256 e. The van der Waals surface area contributed by atoms with Gasteiger partial charge in [0.25, 0.3) is 0 Å². The molecule has 3 aromatic carbocycles. The maximum absolute atomic E-state index is 4.53. The lowest BCUT2D eigenvalue weighted by molar-refractivity contribution is 1.37. The van der Waals surface area contributed by atoms with Gasteiger partial charge in [-0.3, -0.25) is 4.98 Å². The van der Waals surface area contributed by atoms with Crippen molar-refractivity contribution >= 4 is 33.4 Å². The van der Waals surface area contributed by atoms with E-state index in [2.05, 4.69) is 65.6 Å². The van der Waals surface area contributed by atoms with Gasteiger partial charge in [-0.25, -0.2) is 0 Å². The molecule has 1 radical (unpaired) electrons. The van der Waals surface area contributed by atoms with Gasteiger partial charge >= 0.3 is 0 Å². The number of fused-ring (bicyclic) bond motifs is 3. The van der Waals surface area contributed by atoms with Gasteiger partial charge in [-0.2, -0.15) is 0 Å². The monoisotopic (exact) mass is 300 g/mol. The van der Waals surface area contributed by atoms with Crippen molar-refractivity contribution in [2.75, 3.05) is 0 Å². The summed E-state index contributed by atoms with van der Waals surface area (Å²) in [6, 6.07) is 26.6. The highest BCUT2D eigenvalue weighted by Crippen LogP contribution is 2.29. The van der Waals surface area contributed by atoms with Crippen LogP contribution in [0.4, 0.5) is 0 Å². The molecular formula is C20H14NS. The molecule has 0 aliphatic rings. The number of thioether (sulfide) groups is 1. The number of hydrogen-bond donors (Lipinski definition) is 0. The molecule has 0 atom stereocenters. The van der Waals surface area contributed by atoms with E-state index in [0.717, 1.165) is 26.9 Å². The van der Waals surface area contributed by atoms with E-state index in [-0.39, 0.29) is 0 Å². The molecule has 105 valence electrons. The second-order valence-electron chi connectivity index (χ2n) is 5.20. The van der Waals surface area contributed by atoms with Crippen molar-refractivity contribution in [3.05, 3.63) is 84.6 Å². The minimum atomic E-state index is 0.959.